The first-order chi connectivity index (χ1) is 7.72. The number of rotatable bonds is 8. The third kappa shape index (κ3) is 5.44. The van der Waals surface area contributed by atoms with E-state index in [9.17, 15) is 4.79 Å². The normalized spacial score (nSPS) is 17.1. The number of aliphatic hydroxyl groups excluding tert-OH is 1. The number of carbonyl (C=O) groups is 1. The van der Waals surface area contributed by atoms with Gasteiger partial charge in [0.25, 0.3) is 0 Å². The number of nitrogens with zero attached hydrogens (tertiary/aromatic N) is 2. The smallest absolute Gasteiger partial charge is 0.304 e. The number of likely N-dealkylation sites (tertiary alicyclic amines) is 1. The number of carboxylic acids is 1. The van der Waals surface area contributed by atoms with Crippen molar-refractivity contribution < 1.29 is 15.0 Å². The molecule has 0 bridgehead atoms. The Labute approximate surface area is 96.7 Å². The van der Waals surface area contributed by atoms with Crippen molar-refractivity contribution in [2.24, 2.45) is 0 Å². The van der Waals surface area contributed by atoms with Crippen LogP contribution >= 0.6 is 0 Å². The van der Waals surface area contributed by atoms with Crippen LogP contribution in [0.2, 0.25) is 0 Å². The third-order valence-corrected chi connectivity index (χ3v) is 2.99. The molecule has 0 unspecified atom stereocenters. The van der Waals surface area contributed by atoms with Gasteiger partial charge < -0.3 is 15.1 Å². The Morgan fingerprint density at radius 1 is 1.19 bits per heavy atom. The van der Waals surface area contributed by atoms with E-state index in [0.717, 1.165) is 26.2 Å². The van der Waals surface area contributed by atoms with Crippen LogP contribution in [0, 0.1) is 0 Å². The van der Waals surface area contributed by atoms with Gasteiger partial charge in [0, 0.05) is 26.2 Å². The van der Waals surface area contributed by atoms with Crippen LogP contribution in [0.5, 0.6) is 0 Å². The molecule has 1 aliphatic heterocycles. The highest BCUT2D eigenvalue weighted by Crippen LogP contribution is 2.06. The minimum absolute atomic E-state index is 0.0968. The van der Waals surface area contributed by atoms with E-state index in [1.165, 1.54) is 12.8 Å². The van der Waals surface area contributed by atoms with Crippen molar-refractivity contribution in [2.75, 3.05) is 45.9 Å². The number of aliphatic carboxylic acids is 1. The molecule has 94 valence electrons. The zero-order valence-electron chi connectivity index (χ0n) is 9.77. The second-order valence-electron chi connectivity index (χ2n) is 4.26. The van der Waals surface area contributed by atoms with Gasteiger partial charge in [0.05, 0.1) is 13.0 Å². The van der Waals surface area contributed by atoms with Gasteiger partial charge in [-0.05, 0) is 25.9 Å². The average Bonchev–Trinajstić information content (AvgIpc) is 2.75. The van der Waals surface area contributed by atoms with Gasteiger partial charge in [0.2, 0.25) is 0 Å². The fourth-order valence-corrected chi connectivity index (χ4v) is 2.02. The van der Waals surface area contributed by atoms with Crippen molar-refractivity contribution in [3.8, 4) is 0 Å². The topological polar surface area (TPSA) is 64.0 Å². The summed E-state index contributed by atoms with van der Waals surface area (Å²) in [5.41, 5.74) is 0. The van der Waals surface area contributed by atoms with Crippen LogP contribution in [-0.2, 0) is 4.79 Å². The SMILES string of the molecule is O=C(O)CCN(CCO)CCN1CCCC1. The minimum Gasteiger partial charge on any atom is -0.481 e. The summed E-state index contributed by atoms with van der Waals surface area (Å²) in [6.07, 6.45) is 2.70. The Bertz CT molecular complexity index is 205. The van der Waals surface area contributed by atoms with E-state index in [1.807, 2.05) is 4.90 Å². The number of carboxylic acid groups (broad SMARTS) is 1. The molecule has 1 heterocycles. The highest BCUT2D eigenvalue weighted by atomic mass is 16.4. The van der Waals surface area contributed by atoms with Crippen LogP contribution in [-0.4, -0.2) is 71.9 Å². The number of hydrogen-bond acceptors (Lipinski definition) is 4. The molecule has 0 aromatic heterocycles. The Kier molecular flexibility index (Phi) is 6.37. The predicted molar refractivity (Wildman–Crippen MR) is 61.5 cm³/mol. The van der Waals surface area contributed by atoms with Gasteiger partial charge in [-0.3, -0.25) is 9.69 Å². The largest absolute Gasteiger partial charge is 0.481 e. The lowest BCUT2D eigenvalue weighted by atomic mass is 10.3. The third-order valence-electron chi connectivity index (χ3n) is 2.99. The molecule has 2 N–H and O–H groups in total. The molecular weight excluding hydrogens is 208 g/mol. The summed E-state index contributed by atoms with van der Waals surface area (Å²) in [6, 6.07) is 0. The van der Waals surface area contributed by atoms with Gasteiger partial charge in [-0.1, -0.05) is 0 Å². The zero-order chi connectivity index (χ0) is 11.8. The number of hydrogen-bond donors (Lipinski definition) is 2. The summed E-state index contributed by atoms with van der Waals surface area (Å²) in [4.78, 5) is 14.9. The van der Waals surface area contributed by atoms with Crippen molar-refractivity contribution in [2.45, 2.75) is 19.3 Å². The molecule has 1 aliphatic rings. The summed E-state index contributed by atoms with van der Waals surface area (Å²) in [6.45, 7) is 5.36. The maximum atomic E-state index is 10.5. The Hall–Kier alpha value is -0.650. The molecule has 0 spiro atoms. The minimum atomic E-state index is -0.774. The molecule has 0 amide bonds. The highest BCUT2D eigenvalue weighted by Gasteiger charge is 2.13. The Morgan fingerprint density at radius 2 is 1.88 bits per heavy atom. The second kappa shape index (κ2) is 7.60. The van der Waals surface area contributed by atoms with Crippen molar-refractivity contribution in [1.82, 2.24) is 9.80 Å². The summed E-state index contributed by atoms with van der Waals surface area (Å²) in [5.74, 6) is -0.774. The molecule has 16 heavy (non-hydrogen) atoms. The van der Waals surface area contributed by atoms with Gasteiger partial charge >= 0.3 is 5.97 Å². The maximum Gasteiger partial charge on any atom is 0.304 e. The van der Waals surface area contributed by atoms with Crippen molar-refractivity contribution >= 4 is 5.97 Å². The molecule has 5 nitrogen and oxygen atoms in total. The van der Waals surface area contributed by atoms with E-state index < -0.39 is 5.97 Å². The molecule has 1 rings (SSSR count). The fraction of sp³-hybridized carbons (Fsp3) is 0.909. The molecule has 0 aromatic rings. The second-order valence-corrected chi connectivity index (χ2v) is 4.26. The van der Waals surface area contributed by atoms with Gasteiger partial charge in [-0.2, -0.15) is 0 Å². The van der Waals surface area contributed by atoms with Crippen LogP contribution in [0.1, 0.15) is 19.3 Å². The molecule has 0 saturated carbocycles. The summed E-state index contributed by atoms with van der Waals surface area (Å²) >= 11 is 0. The van der Waals surface area contributed by atoms with Crippen LogP contribution in [0.15, 0.2) is 0 Å². The molecular formula is C11H22N2O3. The highest BCUT2D eigenvalue weighted by molar-refractivity contribution is 5.66. The van der Waals surface area contributed by atoms with Crippen LogP contribution in [0.3, 0.4) is 0 Å². The summed E-state index contributed by atoms with van der Waals surface area (Å²) < 4.78 is 0. The van der Waals surface area contributed by atoms with Gasteiger partial charge in [0.15, 0.2) is 0 Å². The van der Waals surface area contributed by atoms with Crippen LogP contribution < -0.4 is 0 Å². The van der Waals surface area contributed by atoms with E-state index in [-0.39, 0.29) is 13.0 Å². The van der Waals surface area contributed by atoms with Crippen molar-refractivity contribution in [1.29, 1.82) is 0 Å². The Balaban J connectivity index is 2.17. The molecule has 0 aliphatic carbocycles. The first kappa shape index (κ1) is 13.4. The lowest BCUT2D eigenvalue weighted by Crippen LogP contribution is -2.36. The summed E-state index contributed by atoms with van der Waals surface area (Å²) in [5, 5.41) is 17.5. The van der Waals surface area contributed by atoms with E-state index in [2.05, 4.69) is 4.90 Å². The van der Waals surface area contributed by atoms with Crippen LogP contribution in [0.25, 0.3) is 0 Å². The van der Waals surface area contributed by atoms with E-state index in [0.29, 0.717) is 13.1 Å². The number of aliphatic hydroxyl groups is 1. The lowest BCUT2D eigenvalue weighted by molar-refractivity contribution is -0.137. The summed E-state index contributed by atoms with van der Waals surface area (Å²) in [7, 11) is 0. The molecule has 0 radical (unpaired) electrons. The fourth-order valence-electron chi connectivity index (χ4n) is 2.02. The van der Waals surface area contributed by atoms with E-state index in [1.54, 1.807) is 0 Å². The first-order valence-corrected chi connectivity index (χ1v) is 5.99. The van der Waals surface area contributed by atoms with Gasteiger partial charge in [0.1, 0.15) is 0 Å². The average molecular weight is 230 g/mol. The molecule has 0 aromatic carbocycles. The molecule has 1 fully saturated rings. The van der Waals surface area contributed by atoms with Gasteiger partial charge in [-0.15, -0.1) is 0 Å². The standard InChI is InChI=1S/C11H22N2O3/c14-10-9-13(6-3-11(15)16)8-7-12-4-1-2-5-12/h14H,1-10H2,(H,15,16). The maximum absolute atomic E-state index is 10.5. The lowest BCUT2D eigenvalue weighted by Gasteiger charge is -2.23. The van der Waals surface area contributed by atoms with Crippen molar-refractivity contribution in [3.63, 3.8) is 0 Å². The first-order valence-electron chi connectivity index (χ1n) is 5.99. The van der Waals surface area contributed by atoms with Gasteiger partial charge in [-0.25, -0.2) is 0 Å². The quantitative estimate of drug-likeness (QED) is 0.607. The van der Waals surface area contributed by atoms with E-state index >= 15 is 0 Å². The predicted octanol–water partition coefficient (Wildman–Crippen LogP) is -0.149. The molecule has 5 heteroatoms. The monoisotopic (exact) mass is 230 g/mol. The zero-order valence-corrected chi connectivity index (χ0v) is 9.77. The van der Waals surface area contributed by atoms with E-state index in [4.69, 9.17) is 10.2 Å². The van der Waals surface area contributed by atoms with Crippen molar-refractivity contribution in [3.05, 3.63) is 0 Å². The molecule has 0 atom stereocenters. The van der Waals surface area contributed by atoms with Crippen LogP contribution in [0.4, 0.5) is 0 Å². The Morgan fingerprint density at radius 3 is 2.44 bits per heavy atom. The molecule has 1 saturated heterocycles.